The van der Waals surface area contributed by atoms with Crippen molar-refractivity contribution in [3.8, 4) is 11.8 Å². The molecule has 5 heteroatoms. The smallest absolute Gasteiger partial charge is 0.128 e. The van der Waals surface area contributed by atoms with E-state index in [0.29, 0.717) is 11.6 Å². The summed E-state index contributed by atoms with van der Waals surface area (Å²) in [5.41, 5.74) is 6.48. The Labute approximate surface area is 130 Å². The van der Waals surface area contributed by atoms with Gasteiger partial charge in [0.1, 0.15) is 11.8 Å². The fourth-order valence-electron chi connectivity index (χ4n) is 2.77. The molecule has 1 saturated carbocycles. The Morgan fingerprint density at radius 2 is 1.95 bits per heavy atom. The molecule has 1 heterocycles. The number of hydrogen-bond donors (Lipinski definition) is 1. The van der Waals surface area contributed by atoms with Crippen LogP contribution in [0.15, 0.2) is 30.6 Å². The van der Waals surface area contributed by atoms with Crippen LogP contribution in [0, 0.1) is 11.3 Å². The van der Waals surface area contributed by atoms with E-state index in [4.69, 9.17) is 10.5 Å². The zero-order valence-corrected chi connectivity index (χ0v) is 12.5. The van der Waals surface area contributed by atoms with Crippen LogP contribution in [0.2, 0.25) is 0 Å². The van der Waals surface area contributed by atoms with E-state index in [1.54, 1.807) is 12.4 Å². The molecule has 4 nitrogen and oxygen atoms in total. The van der Waals surface area contributed by atoms with Crippen LogP contribution in [0.4, 0.5) is 0 Å². The molecule has 1 aromatic heterocycles. The maximum Gasteiger partial charge on any atom is 0.128 e. The Bertz CT molecular complexity index is 655. The van der Waals surface area contributed by atoms with Crippen molar-refractivity contribution >= 4 is 23.2 Å². The van der Waals surface area contributed by atoms with Gasteiger partial charge in [0.2, 0.25) is 0 Å². The van der Waals surface area contributed by atoms with Gasteiger partial charge in [-0.05, 0) is 31.7 Å². The monoisotopic (exact) mass is 303 g/mol. The van der Waals surface area contributed by atoms with Crippen molar-refractivity contribution in [3.63, 3.8) is 0 Å². The van der Waals surface area contributed by atoms with Gasteiger partial charge in [-0.2, -0.15) is 5.26 Å². The van der Waals surface area contributed by atoms with Crippen molar-refractivity contribution in [1.29, 1.82) is 5.26 Å². The summed E-state index contributed by atoms with van der Waals surface area (Å²) in [4.78, 5) is 4.09. The third-order valence-electron chi connectivity index (χ3n) is 3.88. The van der Waals surface area contributed by atoms with Crippen LogP contribution >= 0.6 is 12.4 Å². The maximum absolute atomic E-state index is 9.24. The first-order valence-electron chi connectivity index (χ1n) is 6.97. The summed E-state index contributed by atoms with van der Waals surface area (Å²) in [6.45, 7) is 0. The molecule has 110 valence electrons. The molecule has 0 spiro atoms. The summed E-state index contributed by atoms with van der Waals surface area (Å²) in [6, 6.07) is 8.32. The summed E-state index contributed by atoms with van der Waals surface area (Å²) in [5.74, 6) is 0.780. The van der Waals surface area contributed by atoms with Crippen molar-refractivity contribution in [2.24, 2.45) is 5.73 Å². The highest BCUT2D eigenvalue weighted by molar-refractivity contribution is 5.92. The number of benzene rings is 1. The van der Waals surface area contributed by atoms with Gasteiger partial charge in [-0.15, -0.1) is 12.4 Å². The minimum Gasteiger partial charge on any atom is -0.490 e. The Hall–Kier alpha value is -1.83. The molecule has 2 N–H and O–H groups in total. The quantitative estimate of drug-likeness (QED) is 0.925. The second kappa shape index (κ2) is 6.75. The zero-order valence-electron chi connectivity index (χ0n) is 11.7. The summed E-state index contributed by atoms with van der Waals surface area (Å²) in [5, 5.41) is 11.0. The molecule has 1 aliphatic carbocycles. The van der Waals surface area contributed by atoms with E-state index in [1.807, 2.05) is 18.2 Å². The number of nitrogens with zero attached hydrogens (tertiary/aromatic N) is 2. The normalized spacial score (nSPS) is 21.3. The van der Waals surface area contributed by atoms with Gasteiger partial charge >= 0.3 is 0 Å². The molecule has 0 aliphatic heterocycles. The molecular weight excluding hydrogens is 286 g/mol. The van der Waals surface area contributed by atoms with Crippen LogP contribution in [0.3, 0.4) is 0 Å². The number of fused-ring (bicyclic) bond motifs is 1. The highest BCUT2D eigenvalue weighted by Gasteiger charge is 2.21. The Morgan fingerprint density at radius 3 is 2.67 bits per heavy atom. The molecule has 3 rings (SSSR count). The van der Waals surface area contributed by atoms with Gasteiger partial charge in [-0.25, -0.2) is 0 Å². The van der Waals surface area contributed by atoms with Crippen LogP contribution in [-0.4, -0.2) is 17.1 Å². The average molecular weight is 304 g/mol. The van der Waals surface area contributed by atoms with Crippen LogP contribution in [0.5, 0.6) is 5.75 Å². The molecule has 1 aliphatic rings. The van der Waals surface area contributed by atoms with Crippen LogP contribution in [-0.2, 0) is 0 Å². The van der Waals surface area contributed by atoms with Crippen LogP contribution in [0.25, 0.3) is 10.8 Å². The molecule has 0 unspecified atom stereocenters. The molecule has 0 bridgehead atoms. The molecule has 0 amide bonds. The van der Waals surface area contributed by atoms with E-state index in [9.17, 15) is 5.26 Å². The second-order valence-electron chi connectivity index (χ2n) is 5.31. The number of pyridine rings is 1. The molecule has 21 heavy (non-hydrogen) atoms. The first-order chi connectivity index (χ1) is 9.78. The number of nitriles is 1. The van der Waals surface area contributed by atoms with Crippen molar-refractivity contribution < 1.29 is 4.74 Å². The number of nitrogens with two attached hydrogens (primary N) is 1. The van der Waals surface area contributed by atoms with Gasteiger partial charge in [0.15, 0.2) is 0 Å². The highest BCUT2D eigenvalue weighted by atomic mass is 35.5. The average Bonchev–Trinajstić information content (AvgIpc) is 2.49. The van der Waals surface area contributed by atoms with E-state index in [1.165, 1.54) is 0 Å². The Kier molecular flexibility index (Phi) is 5.00. The molecule has 1 aromatic carbocycles. The molecule has 1 fully saturated rings. The Balaban J connectivity index is 0.00000161. The number of rotatable bonds is 2. The van der Waals surface area contributed by atoms with Crippen LogP contribution < -0.4 is 10.5 Å². The fourth-order valence-corrected chi connectivity index (χ4v) is 2.77. The van der Waals surface area contributed by atoms with Gasteiger partial charge in [0.25, 0.3) is 0 Å². The van der Waals surface area contributed by atoms with E-state index in [0.717, 1.165) is 42.2 Å². The maximum atomic E-state index is 9.24. The van der Waals surface area contributed by atoms with Crippen LogP contribution in [0.1, 0.15) is 31.2 Å². The third-order valence-corrected chi connectivity index (χ3v) is 3.88. The van der Waals surface area contributed by atoms with E-state index >= 15 is 0 Å². The van der Waals surface area contributed by atoms with Crippen molar-refractivity contribution in [2.45, 2.75) is 37.8 Å². The summed E-state index contributed by atoms with van der Waals surface area (Å²) in [7, 11) is 0. The zero-order chi connectivity index (χ0) is 13.9. The standard InChI is InChI=1S/C16H17N3O.ClH/c17-8-12-10-19-9-11-2-1-3-15(16(11)12)20-14-6-4-13(18)5-7-14;/h1-3,9-10,13-14H,4-7,18H2;1H. The highest BCUT2D eigenvalue weighted by Crippen LogP contribution is 2.31. The van der Waals surface area contributed by atoms with E-state index in [2.05, 4.69) is 11.1 Å². The summed E-state index contributed by atoms with van der Waals surface area (Å²) in [6.07, 6.45) is 7.51. The number of ether oxygens (including phenoxy) is 1. The lowest BCUT2D eigenvalue weighted by Gasteiger charge is -2.27. The predicted molar refractivity (Wildman–Crippen MR) is 84.6 cm³/mol. The predicted octanol–water partition coefficient (Wildman–Crippen LogP) is 3.18. The summed E-state index contributed by atoms with van der Waals surface area (Å²) < 4.78 is 6.12. The second-order valence-corrected chi connectivity index (χ2v) is 5.31. The molecule has 0 saturated heterocycles. The lowest BCUT2D eigenvalue weighted by Crippen LogP contribution is -2.31. The number of aromatic nitrogens is 1. The number of halogens is 1. The SMILES string of the molecule is Cl.N#Cc1cncc2cccc(OC3CCC(N)CC3)c12. The number of hydrogen-bond acceptors (Lipinski definition) is 4. The van der Waals surface area contributed by atoms with Gasteiger partial charge in [0, 0.05) is 29.2 Å². The lowest BCUT2D eigenvalue weighted by molar-refractivity contribution is 0.149. The third kappa shape index (κ3) is 3.26. The van der Waals surface area contributed by atoms with Crippen molar-refractivity contribution in [1.82, 2.24) is 4.98 Å². The molecule has 2 aromatic rings. The minimum absolute atomic E-state index is 0. The van der Waals surface area contributed by atoms with Gasteiger partial charge in [-0.3, -0.25) is 4.98 Å². The molecule has 0 atom stereocenters. The largest absolute Gasteiger partial charge is 0.490 e. The minimum atomic E-state index is 0. The topological polar surface area (TPSA) is 71.9 Å². The van der Waals surface area contributed by atoms with Crippen molar-refractivity contribution in [3.05, 3.63) is 36.2 Å². The first-order valence-corrected chi connectivity index (χ1v) is 6.97. The molecule has 0 radical (unpaired) electrons. The first kappa shape index (κ1) is 15.6. The van der Waals surface area contributed by atoms with E-state index < -0.39 is 0 Å². The summed E-state index contributed by atoms with van der Waals surface area (Å²) >= 11 is 0. The van der Waals surface area contributed by atoms with Gasteiger partial charge < -0.3 is 10.5 Å². The molecular formula is C16H18ClN3O. The Morgan fingerprint density at radius 1 is 1.19 bits per heavy atom. The lowest BCUT2D eigenvalue weighted by atomic mass is 9.93. The van der Waals surface area contributed by atoms with Crippen molar-refractivity contribution in [2.75, 3.05) is 0 Å². The van der Waals surface area contributed by atoms with Gasteiger partial charge in [-0.1, -0.05) is 12.1 Å². The van der Waals surface area contributed by atoms with E-state index in [-0.39, 0.29) is 18.5 Å². The fraction of sp³-hybridized carbons (Fsp3) is 0.375. The van der Waals surface area contributed by atoms with Gasteiger partial charge in [0.05, 0.1) is 11.7 Å².